The molecule has 4 aromatic rings. The maximum Gasteiger partial charge on any atom is 0.326 e. The lowest BCUT2D eigenvalue weighted by molar-refractivity contribution is -0.139. The Morgan fingerprint density at radius 1 is 1.03 bits per heavy atom. The summed E-state index contributed by atoms with van der Waals surface area (Å²) in [7, 11) is 0. The van der Waals surface area contributed by atoms with Crippen LogP contribution in [0.3, 0.4) is 0 Å². The fourth-order valence-corrected chi connectivity index (χ4v) is 4.18. The summed E-state index contributed by atoms with van der Waals surface area (Å²) in [5.74, 6) is 0.877. The zero-order chi connectivity index (χ0) is 27.8. The lowest BCUT2D eigenvalue weighted by Gasteiger charge is -2.16. The van der Waals surface area contributed by atoms with Crippen molar-refractivity contribution < 1.29 is 23.8 Å². The van der Waals surface area contributed by atoms with Crippen molar-refractivity contribution >= 4 is 11.8 Å². The molecule has 0 aliphatic rings. The summed E-state index contributed by atoms with van der Waals surface area (Å²) in [6.45, 7) is 5.94. The lowest BCUT2D eigenvalue weighted by Crippen LogP contribution is -2.37. The molecule has 0 unspecified atom stereocenters. The molecule has 200 valence electrons. The molecule has 0 bridgehead atoms. The van der Waals surface area contributed by atoms with Crippen LogP contribution >= 0.6 is 0 Å². The number of hydrogen-bond acceptors (Lipinski definition) is 6. The van der Waals surface area contributed by atoms with Gasteiger partial charge < -0.3 is 19.6 Å². The predicted octanol–water partition coefficient (Wildman–Crippen LogP) is 5.95. The summed E-state index contributed by atoms with van der Waals surface area (Å²) in [6, 6.07) is 23.5. The minimum absolute atomic E-state index is 0.175. The van der Waals surface area contributed by atoms with Crippen molar-refractivity contribution in [3.05, 3.63) is 119 Å². The molecule has 7 nitrogen and oxygen atoms in total. The highest BCUT2D eigenvalue weighted by Crippen LogP contribution is 2.22. The van der Waals surface area contributed by atoms with E-state index in [2.05, 4.69) is 10.3 Å². The van der Waals surface area contributed by atoms with Gasteiger partial charge in [0, 0.05) is 35.7 Å². The molecule has 7 heteroatoms. The van der Waals surface area contributed by atoms with Gasteiger partial charge in [-0.3, -0.25) is 4.79 Å². The molecule has 1 heterocycles. The topological polar surface area (TPSA) is 102 Å². The number of carbonyl (C=O) groups is 2. The number of ketones is 1. The first-order valence-corrected chi connectivity index (χ1v) is 12.8. The van der Waals surface area contributed by atoms with Gasteiger partial charge in [0.1, 0.15) is 17.6 Å². The van der Waals surface area contributed by atoms with E-state index < -0.39 is 12.0 Å². The molecule has 0 radical (unpaired) electrons. The molecule has 0 spiro atoms. The van der Waals surface area contributed by atoms with Gasteiger partial charge in [0.05, 0.1) is 12.3 Å². The SMILES string of the molecule is C/C(=C/C(=O)c1cccc(C)c1)N[C@@H](Cc1ccc(OCCc2nc(-c3ccccc3)oc2C)cc1)C(=O)O. The summed E-state index contributed by atoms with van der Waals surface area (Å²) in [4.78, 5) is 29.0. The van der Waals surface area contributed by atoms with Gasteiger partial charge in [-0.2, -0.15) is 0 Å². The quantitative estimate of drug-likeness (QED) is 0.174. The van der Waals surface area contributed by atoms with Crippen LogP contribution in [0.2, 0.25) is 0 Å². The standard InChI is InChI=1S/C32H32N2O5/c1-21-8-7-11-26(18-21)30(35)19-22(2)33-29(32(36)37)20-24-12-14-27(15-13-24)38-17-16-28-23(3)39-31(34-28)25-9-5-4-6-10-25/h4-15,18-19,29,33H,16-17,20H2,1-3H3,(H,36,37)/b22-19-/t29-/m0/s1. The van der Waals surface area contributed by atoms with Crippen LogP contribution in [0, 0.1) is 13.8 Å². The van der Waals surface area contributed by atoms with E-state index in [0.29, 0.717) is 35.9 Å². The van der Waals surface area contributed by atoms with Crippen molar-refractivity contribution in [2.24, 2.45) is 0 Å². The average molecular weight is 525 g/mol. The number of rotatable bonds is 12. The van der Waals surface area contributed by atoms with Crippen LogP contribution in [-0.2, 0) is 17.6 Å². The molecule has 3 aromatic carbocycles. The third kappa shape index (κ3) is 7.68. The first-order chi connectivity index (χ1) is 18.8. The van der Waals surface area contributed by atoms with E-state index in [4.69, 9.17) is 9.15 Å². The van der Waals surface area contributed by atoms with Crippen LogP contribution in [0.1, 0.15) is 39.9 Å². The number of nitrogens with one attached hydrogen (secondary N) is 1. The van der Waals surface area contributed by atoms with Gasteiger partial charge in [0.25, 0.3) is 0 Å². The monoisotopic (exact) mass is 524 g/mol. The number of carboxylic acid groups (broad SMARTS) is 1. The molecule has 0 saturated heterocycles. The Balaban J connectivity index is 1.30. The zero-order valence-corrected chi connectivity index (χ0v) is 22.3. The largest absolute Gasteiger partial charge is 0.493 e. The van der Waals surface area contributed by atoms with Crippen LogP contribution in [0.4, 0.5) is 0 Å². The van der Waals surface area contributed by atoms with E-state index >= 15 is 0 Å². The molecule has 4 rings (SSSR count). The second-order valence-electron chi connectivity index (χ2n) is 9.43. The van der Waals surface area contributed by atoms with E-state index in [9.17, 15) is 14.7 Å². The molecule has 1 aromatic heterocycles. The average Bonchev–Trinajstić information content (AvgIpc) is 3.30. The molecular weight excluding hydrogens is 492 g/mol. The molecule has 0 fully saturated rings. The summed E-state index contributed by atoms with van der Waals surface area (Å²) in [5, 5.41) is 12.7. The number of benzene rings is 3. The van der Waals surface area contributed by atoms with E-state index in [0.717, 1.165) is 28.1 Å². The molecule has 0 amide bonds. The van der Waals surface area contributed by atoms with Gasteiger partial charge in [0.15, 0.2) is 5.78 Å². The summed E-state index contributed by atoms with van der Waals surface area (Å²) in [5.41, 5.74) is 4.66. The van der Waals surface area contributed by atoms with Crippen molar-refractivity contribution in [3.8, 4) is 17.2 Å². The predicted molar refractivity (Wildman–Crippen MR) is 150 cm³/mol. The van der Waals surface area contributed by atoms with Crippen molar-refractivity contribution in [2.45, 2.75) is 39.7 Å². The van der Waals surface area contributed by atoms with Crippen molar-refractivity contribution in [3.63, 3.8) is 0 Å². The molecular formula is C32H32N2O5. The Morgan fingerprint density at radius 3 is 2.46 bits per heavy atom. The van der Waals surface area contributed by atoms with E-state index in [1.807, 2.05) is 80.6 Å². The molecule has 0 aliphatic heterocycles. The number of ether oxygens (including phenoxy) is 1. The number of carboxylic acids is 1. The van der Waals surface area contributed by atoms with E-state index in [1.165, 1.54) is 6.08 Å². The highest BCUT2D eigenvalue weighted by molar-refractivity contribution is 6.05. The first kappa shape index (κ1) is 27.4. The molecule has 0 saturated carbocycles. The van der Waals surface area contributed by atoms with Gasteiger partial charge in [-0.05, 0) is 56.7 Å². The third-order valence-electron chi connectivity index (χ3n) is 6.23. The minimum atomic E-state index is -0.996. The zero-order valence-electron chi connectivity index (χ0n) is 22.3. The molecule has 39 heavy (non-hydrogen) atoms. The maximum absolute atomic E-state index is 12.5. The Kier molecular flexibility index (Phi) is 8.94. The number of aryl methyl sites for hydroxylation is 2. The number of hydrogen-bond donors (Lipinski definition) is 2. The van der Waals surface area contributed by atoms with Crippen LogP contribution in [0.5, 0.6) is 5.75 Å². The maximum atomic E-state index is 12.5. The van der Waals surface area contributed by atoms with Crippen molar-refractivity contribution in [2.75, 3.05) is 6.61 Å². The van der Waals surface area contributed by atoms with Crippen molar-refractivity contribution in [1.29, 1.82) is 0 Å². The van der Waals surface area contributed by atoms with Gasteiger partial charge in [-0.25, -0.2) is 9.78 Å². The van der Waals surface area contributed by atoms with Crippen LogP contribution < -0.4 is 10.1 Å². The van der Waals surface area contributed by atoms with Crippen LogP contribution in [-0.4, -0.2) is 34.5 Å². The first-order valence-electron chi connectivity index (χ1n) is 12.8. The van der Waals surface area contributed by atoms with Crippen LogP contribution in [0.15, 0.2) is 95.1 Å². The van der Waals surface area contributed by atoms with Crippen molar-refractivity contribution in [1.82, 2.24) is 10.3 Å². The summed E-state index contributed by atoms with van der Waals surface area (Å²) >= 11 is 0. The van der Waals surface area contributed by atoms with E-state index in [1.54, 1.807) is 19.1 Å². The second kappa shape index (κ2) is 12.7. The van der Waals surface area contributed by atoms with E-state index in [-0.39, 0.29) is 12.2 Å². The van der Waals surface area contributed by atoms with Gasteiger partial charge in [-0.1, -0.05) is 54.1 Å². The number of aromatic nitrogens is 1. The van der Waals surface area contributed by atoms with Gasteiger partial charge in [0.2, 0.25) is 5.89 Å². The molecule has 0 aliphatic carbocycles. The Labute approximate surface area is 228 Å². The highest BCUT2D eigenvalue weighted by atomic mass is 16.5. The normalized spacial score (nSPS) is 12.1. The lowest BCUT2D eigenvalue weighted by atomic mass is 10.0. The molecule has 1 atom stereocenters. The van der Waals surface area contributed by atoms with Crippen LogP contribution in [0.25, 0.3) is 11.5 Å². The number of carbonyl (C=O) groups excluding carboxylic acids is 1. The summed E-state index contributed by atoms with van der Waals surface area (Å²) in [6.07, 6.45) is 2.28. The Hall–Kier alpha value is -4.65. The molecule has 2 N–H and O–H groups in total. The third-order valence-corrected chi connectivity index (χ3v) is 6.23. The fourth-order valence-electron chi connectivity index (χ4n) is 4.18. The summed E-state index contributed by atoms with van der Waals surface area (Å²) < 4.78 is 11.7. The number of aliphatic carboxylic acids is 1. The highest BCUT2D eigenvalue weighted by Gasteiger charge is 2.18. The fraction of sp³-hybridized carbons (Fsp3) is 0.219. The Morgan fingerprint density at radius 2 is 1.77 bits per heavy atom. The number of nitrogens with zero attached hydrogens (tertiary/aromatic N) is 1. The van der Waals surface area contributed by atoms with Gasteiger partial charge >= 0.3 is 5.97 Å². The van der Waals surface area contributed by atoms with Gasteiger partial charge in [-0.15, -0.1) is 0 Å². The smallest absolute Gasteiger partial charge is 0.326 e. The second-order valence-corrected chi connectivity index (χ2v) is 9.43. The number of allylic oxidation sites excluding steroid dienone is 2. The Bertz CT molecular complexity index is 1460. The minimum Gasteiger partial charge on any atom is -0.493 e. The number of oxazole rings is 1.